The van der Waals surface area contributed by atoms with Crippen molar-refractivity contribution in [3.05, 3.63) is 51.0 Å². The summed E-state index contributed by atoms with van der Waals surface area (Å²) in [6, 6.07) is 9.52. The summed E-state index contributed by atoms with van der Waals surface area (Å²) in [5.74, 6) is 0. The van der Waals surface area contributed by atoms with Crippen LogP contribution in [-0.2, 0) is 0 Å². The Morgan fingerprint density at radius 2 is 1.86 bits per heavy atom. The van der Waals surface area contributed by atoms with Crippen molar-refractivity contribution in [3.63, 3.8) is 0 Å². The summed E-state index contributed by atoms with van der Waals surface area (Å²) in [4.78, 5) is 0. The molecule has 3 aromatic rings. The second-order valence-electron chi connectivity index (χ2n) is 4.57. The van der Waals surface area contributed by atoms with E-state index in [0.29, 0.717) is 15.1 Å². The molecule has 1 heterocycles. The van der Waals surface area contributed by atoms with E-state index in [1.807, 2.05) is 31.2 Å². The van der Waals surface area contributed by atoms with Crippen molar-refractivity contribution in [1.29, 1.82) is 0 Å². The molecule has 108 valence electrons. The molecule has 0 radical (unpaired) electrons. The molecule has 1 aromatic heterocycles. The molecule has 0 saturated carbocycles. The Balaban J connectivity index is 1.95. The van der Waals surface area contributed by atoms with Gasteiger partial charge < -0.3 is 0 Å². The van der Waals surface area contributed by atoms with Crippen LogP contribution in [0.2, 0.25) is 15.1 Å². The fourth-order valence-corrected chi connectivity index (χ4v) is 3.97. The van der Waals surface area contributed by atoms with Gasteiger partial charge in [-0.15, -0.1) is 0 Å². The van der Waals surface area contributed by atoms with Gasteiger partial charge in [-0.05, 0) is 0 Å². The maximum absolute atomic E-state index is 6.28. The van der Waals surface area contributed by atoms with Crippen LogP contribution in [0.3, 0.4) is 0 Å². The van der Waals surface area contributed by atoms with Crippen molar-refractivity contribution in [2.75, 3.05) is 5.32 Å². The summed E-state index contributed by atoms with van der Waals surface area (Å²) in [5, 5.41) is 4.72. The second-order valence-corrected chi connectivity index (χ2v) is 6.84. The van der Waals surface area contributed by atoms with E-state index < -0.39 is 0 Å². The number of fused-ring (bicyclic) bond motifs is 1. The zero-order valence-electron chi connectivity index (χ0n) is 10.9. The van der Waals surface area contributed by atoms with E-state index in [9.17, 15) is 0 Å². The van der Waals surface area contributed by atoms with Gasteiger partial charge in [0.1, 0.15) is 0 Å². The monoisotopic (exact) mass is 405 g/mol. The fourth-order valence-electron chi connectivity index (χ4n) is 2.11. The molecular formula is C14H10Cl3N3Se. The average molecular weight is 406 g/mol. The summed E-state index contributed by atoms with van der Waals surface area (Å²) in [6.45, 7) is 2.02. The second kappa shape index (κ2) is 6.15. The molecule has 3 rings (SSSR count). The predicted octanol–water partition coefficient (Wildman–Crippen LogP) is 4.82. The van der Waals surface area contributed by atoms with E-state index in [1.54, 1.807) is 6.07 Å². The van der Waals surface area contributed by atoms with Gasteiger partial charge in [-0.3, -0.25) is 0 Å². The summed E-state index contributed by atoms with van der Waals surface area (Å²) in [5.41, 5.74) is 3.70. The first kappa shape index (κ1) is 15.1. The van der Waals surface area contributed by atoms with Gasteiger partial charge in [0, 0.05) is 0 Å². The van der Waals surface area contributed by atoms with Gasteiger partial charge in [0.2, 0.25) is 0 Å². The Hall–Kier alpha value is -0.771. The molecule has 0 spiro atoms. The van der Waals surface area contributed by atoms with Gasteiger partial charge in [-0.25, -0.2) is 0 Å². The zero-order chi connectivity index (χ0) is 15.0. The van der Waals surface area contributed by atoms with E-state index in [2.05, 4.69) is 13.3 Å². The number of hydrogen-bond acceptors (Lipinski definition) is 3. The average Bonchev–Trinajstić information content (AvgIpc) is 2.94. The number of halogens is 3. The molecule has 3 nitrogen and oxygen atoms in total. The summed E-state index contributed by atoms with van der Waals surface area (Å²) in [7, 11) is 0. The summed E-state index contributed by atoms with van der Waals surface area (Å²) >= 11 is 18.3. The zero-order valence-corrected chi connectivity index (χ0v) is 14.9. The molecule has 21 heavy (non-hydrogen) atoms. The van der Waals surface area contributed by atoms with E-state index >= 15 is 0 Å². The minimum absolute atomic E-state index is 0.0259. The first-order valence-electron chi connectivity index (χ1n) is 6.19. The summed E-state index contributed by atoms with van der Waals surface area (Å²) in [6.07, 6.45) is 0. The van der Waals surface area contributed by atoms with Crippen LogP contribution in [0.1, 0.15) is 18.5 Å². The van der Waals surface area contributed by atoms with E-state index in [0.717, 1.165) is 22.3 Å². The molecule has 1 atom stereocenters. The summed E-state index contributed by atoms with van der Waals surface area (Å²) < 4.78 is 8.83. The van der Waals surface area contributed by atoms with E-state index in [4.69, 9.17) is 34.8 Å². The van der Waals surface area contributed by atoms with Crippen LogP contribution in [0, 0.1) is 0 Å². The molecule has 7 heteroatoms. The number of anilines is 1. The van der Waals surface area contributed by atoms with Crippen LogP contribution < -0.4 is 5.32 Å². The van der Waals surface area contributed by atoms with Crippen LogP contribution in [0.15, 0.2) is 30.3 Å². The third-order valence-corrected chi connectivity index (χ3v) is 5.64. The molecule has 1 unspecified atom stereocenters. The van der Waals surface area contributed by atoms with E-state index in [1.165, 1.54) is 0 Å². The SMILES string of the molecule is CC(Nc1cccc2n[se]nc12)c1ccc(Cl)c(Cl)c1Cl. The Morgan fingerprint density at radius 3 is 2.67 bits per heavy atom. The molecule has 0 bridgehead atoms. The van der Waals surface area contributed by atoms with Crippen molar-refractivity contribution < 1.29 is 0 Å². The molecule has 2 aromatic carbocycles. The molecule has 0 saturated heterocycles. The Morgan fingerprint density at radius 1 is 1.05 bits per heavy atom. The standard InChI is InChI=1S/C14H10Cl3N3Se/c1-7(8-5-6-9(15)13(17)12(8)16)18-10-3-2-4-11-14(10)20-21-19-11/h2-7,18H,1H3. The van der Waals surface area contributed by atoms with Crippen LogP contribution in [0.5, 0.6) is 0 Å². The van der Waals surface area contributed by atoms with Gasteiger partial charge in [-0.2, -0.15) is 0 Å². The van der Waals surface area contributed by atoms with Gasteiger partial charge in [0.05, 0.1) is 0 Å². The van der Waals surface area contributed by atoms with Gasteiger partial charge in [0.15, 0.2) is 0 Å². The van der Waals surface area contributed by atoms with E-state index in [-0.39, 0.29) is 21.0 Å². The molecule has 0 aliphatic heterocycles. The first-order valence-corrected chi connectivity index (χ1v) is 8.85. The number of nitrogens with zero attached hydrogens (tertiary/aromatic N) is 2. The fraction of sp³-hybridized carbons (Fsp3) is 0.143. The van der Waals surface area contributed by atoms with Crippen molar-refractivity contribution in [3.8, 4) is 0 Å². The molecular weight excluding hydrogens is 395 g/mol. The quantitative estimate of drug-likeness (QED) is 0.501. The third-order valence-electron chi connectivity index (χ3n) is 3.19. The van der Waals surface area contributed by atoms with Crippen molar-refractivity contribution >= 4 is 66.5 Å². The van der Waals surface area contributed by atoms with Crippen LogP contribution in [0.25, 0.3) is 11.0 Å². The number of nitrogens with one attached hydrogen (secondary N) is 1. The number of benzene rings is 2. The Labute approximate surface area is 143 Å². The number of hydrogen-bond donors (Lipinski definition) is 1. The Kier molecular flexibility index (Phi) is 4.43. The van der Waals surface area contributed by atoms with Gasteiger partial charge >= 0.3 is 144 Å². The van der Waals surface area contributed by atoms with Crippen LogP contribution in [-0.4, -0.2) is 22.9 Å². The first-order chi connectivity index (χ1) is 10.1. The predicted molar refractivity (Wildman–Crippen MR) is 90.0 cm³/mol. The molecule has 1 N–H and O–H groups in total. The van der Waals surface area contributed by atoms with Crippen LogP contribution in [0.4, 0.5) is 5.69 Å². The molecule has 0 aliphatic rings. The maximum atomic E-state index is 6.28. The van der Waals surface area contributed by atoms with Crippen molar-refractivity contribution in [2.24, 2.45) is 0 Å². The number of rotatable bonds is 3. The van der Waals surface area contributed by atoms with Gasteiger partial charge in [0.25, 0.3) is 0 Å². The molecule has 0 fully saturated rings. The molecule has 0 amide bonds. The number of aromatic nitrogens is 2. The van der Waals surface area contributed by atoms with Crippen LogP contribution >= 0.6 is 34.8 Å². The van der Waals surface area contributed by atoms with Crippen molar-refractivity contribution in [2.45, 2.75) is 13.0 Å². The normalized spacial score (nSPS) is 12.6. The Bertz CT molecular complexity index is 803. The minimum atomic E-state index is -0.0510. The molecule has 0 aliphatic carbocycles. The topological polar surface area (TPSA) is 37.8 Å². The third kappa shape index (κ3) is 2.92. The van der Waals surface area contributed by atoms with Gasteiger partial charge in [-0.1, -0.05) is 0 Å². The van der Waals surface area contributed by atoms with Crippen molar-refractivity contribution in [1.82, 2.24) is 7.96 Å².